The highest BCUT2D eigenvalue weighted by Crippen LogP contribution is 2.30. The van der Waals surface area contributed by atoms with E-state index in [4.69, 9.17) is 10.2 Å². The quantitative estimate of drug-likeness (QED) is 0.872. The van der Waals surface area contributed by atoms with Gasteiger partial charge < -0.3 is 10.2 Å². The summed E-state index contributed by atoms with van der Waals surface area (Å²) in [5.74, 6) is 0.511. The molecule has 2 aromatic heterocycles. The summed E-state index contributed by atoms with van der Waals surface area (Å²) >= 11 is 0. The van der Waals surface area contributed by atoms with Gasteiger partial charge in [-0.2, -0.15) is 0 Å². The van der Waals surface area contributed by atoms with Crippen molar-refractivity contribution in [1.82, 2.24) is 9.97 Å². The van der Waals surface area contributed by atoms with Crippen molar-refractivity contribution >= 4 is 14.1 Å². The van der Waals surface area contributed by atoms with Crippen LogP contribution in [0.15, 0.2) is 36.7 Å². The molecular formula is C16H23N3OSi. The minimum Gasteiger partial charge on any atom is -0.409 e. The van der Waals surface area contributed by atoms with Gasteiger partial charge in [-0.25, -0.2) is 4.98 Å². The zero-order chi connectivity index (χ0) is 15.7. The molecule has 4 nitrogen and oxygen atoms in total. The van der Waals surface area contributed by atoms with Crippen LogP contribution in [0.5, 0.6) is 0 Å². The van der Waals surface area contributed by atoms with Crippen LogP contribution in [0.1, 0.15) is 19.4 Å². The first kappa shape index (κ1) is 15.7. The predicted molar refractivity (Wildman–Crippen MR) is 89.3 cm³/mol. The smallest absolute Gasteiger partial charge is 0.184 e. The van der Waals surface area contributed by atoms with Crippen LogP contribution in [-0.4, -0.2) is 18.3 Å². The molecule has 0 atom stereocenters. The topological polar surface area (TPSA) is 61.0 Å². The molecule has 2 heterocycles. The van der Waals surface area contributed by atoms with Crippen LogP contribution in [0.4, 0.5) is 5.82 Å². The molecule has 21 heavy (non-hydrogen) atoms. The van der Waals surface area contributed by atoms with Crippen molar-refractivity contribution in [3.8, 4) is 11.3 Å². The molecule has 112 valence electrons. The SMILES string of the molecule is CC(C)(O[Si](C)(C)C)c1ccnc(-c2ccc(N)nc2)c1. The Morgan fingerprint density at radius 3 is 2.38 bits per heavy atom. The van der Waals surface area contributed by atoms with Crippen LogP contribution < -0.4 is 5.73 Å². The molecule has 5 heteroatoms. The van der Waals surface area contributed by atoms with Crippen molar-refractivity contribution in [3.63, 3.8) is 0 Å². The standard InChI is InChI=1S/C16H23N3OSi/c1-16(2,20-21(3,4)5)13-8-9-18-14(10-13)12-6-7-15(17)19-11-12/h6-11H,1-5H3,(H2,17,19). The van der Waals surface area contributed by atoms with E-state index in [0.29, 0.717) is 5.82 Å². The van der Waals surface area contributed by atoms with Crippen molar-refractivity contribution in [2.75, 3.05) is 5.73 Å². The fraction of sp³-hybridized carbons (Fsp3) is 0.375. The molecule has 2 N–H and O–H groups in total. The summed E-state index contributed by atoms with van der Waals surface area (Å²) in [4.78, 5) is 8.54. The second-order valence-corrected chi connectivity index (χ2v) is 11.1. The van der Waals surface area contributed by atoms with E-state index in [1.807, 2.05) is 18.3 Å². The van der Waals surface area contributed by atoms with Crippen molar-refractivity contribution < 1.29 is 4.43 Å². The fourth-order valence-corrected chi connectivity index (χ4v) is 3.99. The maximum Gasteiger partial charge on any atom is 0.184 e. The molecule has 0 saturated heterocycles. The third-order valence-electron chi connectivity index (χ3n) is 3.10. The first-order chi connectivity index (χ1) is 9.67. The highest BCUT2D eigenvalue weighted by Gasteiger charge is 2.29. The number of nitrogens with zero attached hydrogens (tertiary/aromatic N) is 2. The molecule has 0 aliphatic rings. The summed E-state index contributed by atoms with van der Waals surface area (Å²) < 4.78 is 6.30. The molecule has 0 aliphatic heterocycles. The van der Waals surface area contributed by atoms with E-state index in [-0.39, 0.29) is 5.60 Å². The molecule has 0 radical (unpaired) electrons. The number of nitrogen functional groups attached to an aromatic ring is 1. The van der Waals surface area contributed by atoms with Crippen LogP contribution in [0.25, 0.3) is 11.3 Å². The van der Waals surface area contributed by atoms with E-state index in [1.165, 1.54) is 0 Å². The number of nitrogens with two attached hydrogens (primary N) is 1. The van der Waals surface area contributed by atoms with Crippen molar-refractivity contribution in [1.29, 1.82) is 0 Å². The summed E-state index contributed by atoms with van der Waals surface area (Å²) in [5.41, 5.74) is 8.25. The van der Waals surface area contributed by atoms with E-state index >= 15 is 0 Å². The maximum absolute atomic E-state index is 6.30. The largest absolute Gasteiger partial charge is 0.409 e. The molecule has 0 spiro atoms. The van der Waals surface area contributed by atoms with Crippen molar-refractivity contribution in [2.24, 2.45) is 0 Å². The van der Waals surface area contributed by atoms with E-state index in [2.05, 4.69) is 49.5 Å². The molecule has 0 aliphatic carbocycles. The van der Waals surface area contributed by atoms with Gasteiger partial charge in [0.15, 0.2) is 8.32 Å². The lowest BCUT2D eigenvalue weighted by Gasteiger charge is -2.33. The lowest BCUT2D eigenvalue weighted by molar-refractivity contribution is 0.1000. The van der Waals surface area contributed by atoms with Gasteiger partial charge in [-0.05, 0) is 63.3 Å². The summed E-state index contributed by atoms with van der Waals surface area (Å²) in [6, 6.07) is 7.79. The Labute approximate surface area is 127 Å². The summed E-state index contributed by atoms with van der Waals surface area (Å²) in [6.07, 6.45) is 3.56. The van der Waals surface area contributed by atoms with Crippen LogP contribution >= 0.6 is 0 Å². The predicted octanol–water partition coefficient (Wildman–Crippen LogP) is 3.81. The second-order valence-electron chi connectivity index (χ2n) is 6.63. The molecule has 2 rings (SSSR count). The number of anilines is 1. The van der Waals surface area contributed by atoms with Crippen LogP contribution in [-0.2, 0) is 10.0 Å². The van der Waals surface area contributed by atoms with Gasteiger partial charge in [0.25, 0.3) is 0 Å². The zero-order valence-corrected chi connectivity index (χ0v) is 14.3. The van der Waals surface area contributed by atoms with E-state index in [9.17, 15) is 0 Å². The van der Waals surface area contributed by atoms with Crippen molar-refractivity contribution in [2.45, 2.75) is 39.1 Å². The minimum atomic E-state index is -1.63. The van der Waals surface area contributed by atoms with Gasteiger partial charge in [-0.1, -0.05) is 0 Å². The zero-order valence-electron chi connectivity index (χ0n) is 13.3. The number of hydrogen-bond acceptors (Lipinski definition) is 4. The Morgan fingerprint density at radius 1 is 1.10 bits per heavy atom. The lowest BCUT2D eigenvalue weighted by Crippen LogP contribution is -2.36. The molecule has 0 saturated carbocycles. The second kappa shape index (κ2) is 5.58. The molecule has 0 bridgehead atoms. The molecule has 0 amide bonds. The van der Waals surface area contributed by atoms with E-state index < -0.39 is 8.32 Å². The van der Waals surface area contributed by atoms with Gasteiger partial charge in [-0.15, -0.1) is 0 Å². The van der Waals surface area contributed by atoms with E-state index in [1.54, 1.807) is 12.3 Å². The first-order valence-electron chi connectivity index (χ1n) is 7.06. The summed E-state index contributed by atoms with van der Waals surface area (Å²) in [5, 5.41) is 0. The summed E-state index contributed by atoms with van der Waals surface area (Å²) in [6.45, 7) is 10.8. The van der Waals surface area contributed by atoms with Crippen LogP contribution in [0.3, 0.4) is 0 Å². The first-order valence-corrected chi connectivity index (χ1v) is 10.5. The van der Waals surface area contributed by atoms with Crippen LogP contribution in [0.2, 0.25) is 19.6 Å². The minimum absolute atomic E-state index is 0.330. The Morgan fingerprint density at radius 2 is 1.81 bits per heavy atom. The fourth-order valence-electron chi connectivity index (χ4n) is 2.34. The highest BCUT2D eigenvalue weighted by molar-refractivity contribution is 6.69. The third-order valence-corrected chi connectivity index (χ3v) is 4.22. The number of aromatic nitrogens is 2. The molecule has 0 fully saturated rings. The summed E-state index contributed by atoms with van der Waals surface area (Å²) in [7, 11) is -1.63. The van der Waals surface area contributed by atoms with Gasteiger partial charge in [0.1, 0.15) is 5.82 Å². The van der Waals surface area contributed by atoms with Gasteiger partial charge in [0, 0.05) is 18.0 Å². The normalized spacial score (nSPS) is 12.4. The Balaban J connectivity index is 2.35. The highest BCUT2D eigenvalue weighted by atomic mass is 28.4. The molecule has 2 aromatic rings. The monoisotopic (exact) mass is 301 g/mol. The maximum atomic E-state index is 6.30. The molecule has 0 unspecified atom stereocenters. The van der Waals surface area contributed by atoms with Crippen LogP contribution in [0, 0.1) is 0 Å². The van der Waals surface area contributed by atoms with Gasteiger partial charge in [0.05, 0.1) is 11.3 Å². The Hall–Kier alpha value is -1.72. The van der Waals surface area contributed by atoms with Gasteiger partial charge in [-0.3, -0.25) is 4.98 Å². The Bertz CT molecular complexity index is 618. The number of rotatable bonds is 4. The van der Waals surface area contributed by atoms with Crippen molar-refractivity contribution in [3.05, 3.63) is 42.2 Å². The molecular weight excluding hydrogens is 278 g/mol. The number of hydrogen-bond donors (Lipinski definition) is 1. The molecule has 0 aromatic carbocycles. The average molecular weight is 301 g/mol. The lowest BCUT2D eigenvalue weighted by atomic mass is 9.98. The number of pyridine rings is 2. The third kappa shape index (κ3) is 4.12. The van der Waals surface area contributed by atoms with Gasteiger partial charge >= 0.3 is 0 Å². The van der Waals surface area contributed by atoms with Gasteiger partial charge in [0.2, 0.25) is 0 Å². The average Bonchev–Trinajstić information content (AvgIpc) is 2.37. The van der Waals surface area contributed by atoms with E-state index in [0.717, 1.165) is 16.8 Å². The Kier molecular flexibility index (Phi) is 4.16.